The van der Waals surface area contributed by atoms with Crippen molar-refractivity contribution in [2.45, 2.75) is 6.61 Å². The van der Waals surface area contributed by atoms with Crippen LogP contribution in [0.15, 0.2) is 72.8 Å². The molecule has 3 aromatic carbocycles. The van der Waals surface area contributed by atoms with E-state index in [0.29, 0.717) is 28.0 Å². The third-order valence-electron chi connectivity index (χ3n) is 3.92. The van der Waals surface area contributed by atoms with Gasteiger partial charge in [0.15, 0.2) is 5.78 Å². The fourth-order valence-corrected chi connectivity index (χ4v) is 3.20. The Balaban J connectivity index is 1.87. The van der Waals surface area contributed by atoms with Gasteiger partial charge in [0.2, 0.25) is 0 Å². The van der Waals surface area contributed by atoms with Crippen molar-refractivity contribution >= 4 is 46.3 Å². The maximum Gasteiger partial charge on any atom is 0.191 e. The number of aliphatic hydroxyl groups excluding tert-OH is 1. The van der Waals surface area contributed by atoms with Crippen LogP contribution >= 0.6 is 34.8 Å². The van der Waals surface area contributed by atoms with Gasteiger partial charge in [-0.1, -0.05) is 65.1 Å². The third kappa shape index (κ3) is 5.08. The van der Waals surface area contributed by atoms with Crippen molar-refractivity contribution in [3.8, 4) is 5.75 Å². The number of hydrogen-bond donors (Lipinski definition) is 1. The molecule has 0 aromatic heterocycles. The maximum atomic E-state index is 12.5. The van der Waals surface area contributed by atoms with E-state index in [9.17, 15) is 9.90 Å². The molecule has 3 rings (SSSR count). The number of ketones is 1. The number of carbonyl (C=O) groups is 1. The molecule has 3 aromatic rings. The summed E-state index contributed by atoms with van der Waals surface area (Å²) in [5, 5.41) is 11.6. The van der Waals surface area contributed by atoms with Crippen LogP contribution in [0.3, 0.4) is 0 Å². The fourth-order valence-electron chi connectivity index (χ4n) is 2.53. The molecule has 0 saturated heterocycles. The normalized spacial score (nSPS) is 11.3. The zero-order chi connectivity index (χ0) is 20.1. The number of allylic oxidation sites excluding steroid dienone is 1. The lowest BCUT2D eigenvalue weighted by molar-refractivity contribution is 0.104. The summed E-state index contributed by atoms with van der Waals surface area (Å²) >= 11 is 18.0. The minimum absolute atomic E-state index is 0.207. The molecule has 1 N–H and O–H groups in total. The minimum Gasteiger partial charge on any atom is -0.507 e. The van der Waals surface area contributed by atoms with Crippen LogP contribution < -0.4 is 4.74 Å². The van der Waals surface area contributed by atoms with Gasteiger partial charge in [-0.05, 0) is 42.0 Å². The van der Waals surface area contributed by atoms with Crippen molar-refractivity contribution in [3.05, 3.63) is 105 Å². The Hall–Kier alpha value is -2.46. The summed E-state index contributed by atoms with van der Waals surface area (Å²) in [7, 11) is 0. The first kappa shape index (κ1) is 20.3. The molecule has 0 spiro atoms. The molecule has 0 aliphatic rings. The molecule has 28 heavy (non-hydrogen) atoms. The number of halogens is 3. The third-order valence-corrected chi connectivity index (χ3v) is 4.70. The monoisotopic (exact) mass is 432 g/mol. The Morgan fingerprint density at radius 1 is 0.893 bits per heavy atom. The summed E-state index contributed by atoms with van der Waals surface area (Å²) in [4.78, 5) is 12.5. The van der Waals surface area contributed by atoms with Gasteiger partial charge in [0.25, 0.3) is 0 Å². The lowest BCUT2D eigenvalue weighted by atomic mass is 10.1. The van der Waals surface area contributed by atoms with E-state index >= 15 is 0 Å². The van der Waals surface area contributed by atoms with Gasteiger partial charge in [-0.25, -0.2) is 0 Å². The van der Waals surface area contributed by atoms with Crippen molar-refractivity contribution in [1.29, 1.82) is 0 Å². The smallest absolute Gasteiger partial charge is 0.191 e. The summed E-state index contributed by atoms with van der Waals surface area (Å²) in [6.07, 6.45) is 1.09. The van der Waals surface area contributed by atoms with Gasteiger partial charge in [0.05, 0.1) is 10.6 Å². The quantitative estimate of drug-likeness (QED) is 0.258. The molecule has 0 atom stereocenters. The largest absolute Gasteiger partial charge is 0.507 e. The van der Waals surface area contributed by atoms with E-state index in [4.69, 9.17) is 39.5 Å². The molecule has 0 amide bonds. The highest BCUT2D eigenvalue weighted by molar-refractivity contribution is 6.37. The van der Waals surface area contributed by atoms with Gasteiger partial charge < -0.3 is 9.84 Å². The van der Waals surface area contributed by atoms with Gasteiger partial charge in [0.1, 0.15) is 18.1 Å². The van der Waals surface area contributed by atoms with E-state index in [1.807, 2.05) is 30.3 Å². The van der Waals surface area contributed by atoms with E-state index in [1.165, 1.54) is 12.1 Å². The average Bonchev–Trinajstić information content (AvgIpc) is 2.67. The molecule has 6 heteroatoms. The molecule has 0 saturated carbocycles. The van der Waals surface area contributed by atoms with E-state index in [2.05, 4.69) is 0 Å². The Morgan fingerprint density at radius 2 is 1.54 bits per heavy atom. The minimum atomic E-state index is -0.455. The molecule has 0 aliphatic carbocycles. The zero-order valence-corrected chi connectivity index (χ0v) is 16.8. The predicted molar refractivity (Wildman–Crippen MR) is 114 cm³/mol. The molecular formula is C22H15Cl3O3. The van der Waals surface area contributed by atoms with Crippen LogP contribution in [0.4, 0.5) is 0 Å². The van der Waals surface area contributed by atoms with Gasteiger partial charge >= 0.3 is 0 Å². The van der Waals surface area contributed by atoms with Crippen LogP contribution in [0.2, 0.25) is 15.1 Å². The molecule has 0 unspecified atom stereocenters. The van der Waals surface area contributed by atoms with Crippen LogP contribution in [-0.2, 0) is 6.61 Å². The summed E-state index contributed by atoms with van der Waals surface area (Å²) in [5.41, 5.74) is 1.54. The van der Waals surface area contributed by atoms with Crippen LogP contribution in [0, 0.1) is 0 Å². The second-order valence-corrected chi connectivity index (χ2v) is 7.21. The Labute approximate surface area is 177 Å². The topological polar surface area (TPSA) is 46.5 Å². The lowest BCUT2D eigenvalue weighted by Crippen LogP contribution is -2.01. The number of carbonyl (C=O) groups excluding carboxylic acids is 1. The van der Waals surface area contributed by atoms with Crippen molar-refractivity contribution in [2.75, 3.05) is 0 Å². The van der Waals surface area contributed by atoms with Crippen molar-refractivity contribution in [3.63, 3.8) is 0 Å². The molecule has 0 radical (unpaired) electrons. The highest BCUT2D eigenvalue weighted by Crippen LogP contribution is 2.30. The predicted octanol–water partition coefficient (Wildman–Crippen LogP) is 7.01. The summed E-state index contributed by atoms with van der Waals surface area (Å²) in [6, 6.07) is 18.9. The number of aliphatic hydroxyl groups is 1. The van der Waals surface area contributed by atoms with E-state index in [-0.39, 0.29) is 16.3 Å². The summed E-state index contributed by atoms with van der Waals surface area (Å²) in [6.45, 7) is 0.290. The Morgan fingerprint density at radius 3 is 2.21 bits per heavy atom. The van der Waals surface area contributed by atoms with Crippen molar-refractivity contribution in [2.24, 2.45) is 0 Å². The van der Waals surface area contributed by atoms with Gasteiger partial charge in [-0.3, -0.25) is 4.79 Å². The van der Waals surface area contributed by atoms with Crippen LogP contribution in [0.25, 0.3) is 5.76 Å². The Kier molecular flexibility index (Phi) is 6.63. The lowest BCUT2D eigenvalue weighted by Gasteiger charge is -2.12. The molecule has 0 bridgehead atoms. The maximum absolute atomic E-state index is 12.5. The second-order valence-electron chi connectivity index (χ2n) is 5.93. The van der Waals surface area contributed by atoms with Crippen LogP contribution in [0.1, 0.15) is 21.5 Å². The molecule has 0 fully saturated rings. The van der Waals surface area contributed by atoms with E-state index in [1.54, 1.807) is 24.3 Å². The fraction of sp³-hybridized carbons (Fsp3) is 0.0455. The van der Waals surface area contributed by atoms with Crippen molar-refractivity contribution < 1.29 is 14.6 Å². The average molecular weight is 434 g/mol. The first-order valence-corrected chi connectivity index (χ1v) is 9.44. The van der Waals surface area contributed by atoms with E-state index in [0.717, 1.165) is 11.6 Å². The zero-order valence-electron chi connectivity index (χ0n) is 14.5. The van der Waals surface area contributed by atoms with Crippen molar-refractivity contribution in [1.82, 2.24) is 0 Å². The highest BCUT2D eigenvalue weighted by Gasteiger charge is 2.14. The Bertz CT molecular complexity index is 1030. The standard InChI is InChI=1S/C22H15Cl3O3/c23-15-6-8-17(19(25)10-15)20(26)12-21(27)18-9-7-16(24)11-22(18)28-13-14-4-2-1-3-5-14/h1-12,27H,13H2/b21-12-. The van der Waals surface area contributed by atoms with Gasteiger partial charge in [-0.2, -0.15) is 0 Å². The number of rotatable bonds is 6. The van der Waals surface area contributed by atoms with Gasteiger partial charge in [-0.15, -0.1) is 0 Å². The second kappa shape index (κ2) is 9.16. The molecule has 0 heterocycles. The summed E-state index contributed by atoms with van der Waals surface area (Å²) in [5.74, 6) is -0.348. The number of benzene rings is 3. The molecule has 3 nitrogen and oxygen atoms in total. The molecular weight excluding hydrogens is 419 g/mol. The van der Waals surface area contributed by atoms with Crippen LogP contribution in [-0.4, -0.2) is 10.9 Å². The van der Waals surface area contributed by atoms with E-state index < -0.39 is 5.78 Å². The number of ether oxygens (including phenoxy) is 1. The van der Waals surface area contributed by atoms with Gasteiger partial charge in [0, 0.05) is 21.7 Å². The number of hydrogen-bond acceptors (Lipinski definition) is 3. The van der Waals surface area contributed by atoms with Crippen LogP contribution in [0.5, 0.6) is 5.75 Å². The SMILES string of the molecule is O=C(/C=C(\O)c1ccc(Cl)cc1OCc1ccccc1)c1ccc(Cl)cc1Cl. The first-order valence-electron chi connectivity index (χ1n) is 8.31. The summed E-state index contributed by atoms with van der Waals surface area (Å²) < 4.78 is 5.81. The molecule has 0 aliphatic heterocycles. The highest BCUT2D eigenvalue weighted by atomic mass is 35.5. The molecule has 142 valence electrons. The first-order chi connectivity index (χ1) is 13.4.